The Morgan fingerprint density at radius 1 is 1.41 bits per heavy atom. The third kappa shape index (κ3) is 2.21. The Hall–Kier alpha value is -1.70. The van der Waals surface area contributed by atoms with Crippen LogP contribution in [0.2, 0.25) is 10.0 Å². The van der Waals surface area contributed by atoms with E-state index in [1.54, 1.807) is 12.1 Å². The van der Waals surface area contributed by atoms with Crippen LogP contribution in [0.4, 0.5) is 5.82 Å². The Morgan fingerprint density at radius 3 is 2.88 bits per heavy atom. The summed E-state index contributed by atoms with van der Waals surface area (Å²) in [4.78, 5) is 0. The Balaban J connectivity index is 2.39. The van der Waals surface area contributed by atoms with E-state index in [2.05, 4.69) is 10.2 Å². The highest BCUT2D eigenvalue weighted by atomic mass is 35.5. The van der Waals surface area contributed by atoms with Gasteiger partial charge in [0.15, 0.2) is 5.82 Å². The summed E-state index contributed by atoms with van der Waals surface area (Å²) in [6.07, 6.45) is 0.437. The first-order valence-electron chi connectivity index (χ1n) is 4.79. The van der Waals surface area contributed by atoms with Crippen molar-refractivity contribution in [1.82, 2.24) is 10.2 Å². The molecule has 0 fully saturated rings. The van der Waals surface area contributed by atoms with Crippen molar-refractivity contribution in [2.45, 2.75) is 6.42 Å². The lowest BCUT2D eigenvalue weighted by molar-refractivity contribution is 0.997. The number of nitrogens with two attached hydrogens (primary N) is 1. The average Bonchev–Trinajstić information content (AvgIpc) is 2.66. The Bertz CT molecular complexity index is 598. The van der Waals surface area contributed by atoms with Gasteiger partial charge in [-0.25, -0.2) is 0 Å². The minimum atomic E-state index is 0.195. The van der Waals surface area contributed by atoms with Crippen LogP contribution in [0.1, 0.15) is 16.8 Å². The quantitative estimate of drug-likeness (QED) is 0.878. The van der Waals surface area contributed by atoms with E-state index in [9.17, 15) is 0 Å². The predicted molar refractivity (Wildman–Crippen MR) is 67.0 cm³/mol. The molecule has 17 heavy (non-hydrogen) atoms. The van der Waals surface area contributed by atoms with Crippen molar-refractivity contribution in [2.24, 2.45) is 0 Å². The molecular weight excluding hydrogens is 259 g/mol. The van der Waals surface area contributed by atoms with Gasteiger partial charge in [0.1, 0.15) is 11.6 Å². The summed E-state index contributed by atoms with van der Waals surface area (Å²) in [6.45, 7) is 0. The third-order valence-corrected chi connectivity index (χ3v) is 3.24. The van der Waals surface area contributed by atoms with Gasteiger partial charge in [-0.05, 0) is 11.6 Å². The zero-order chi connectivity index (χ0) is 12.4. The molecule has 2 rings (SSSR count). The highest BCUT2D eigenvalue weighted by Crippen LogP contribution is 2.28. The first kappa shape index (κ1) is 11.8. The number of nitriles is 1. The van der Waals surface area contributed by atoms with E-state index in [4.69, 9.17) is 34.2 Å². The minimum Gasteiger partial charge on any atom is -0.381 e. The van der Waals surface area contributed by atoms with Crippen LogP contribution in [0.3, 0.4) is 0 Å². The van der Waals surface area contributed by atoms with Crippen LogP contribution in [0.25, 0.3) is 0 Å². The summed E-state index contributed by atoms with van der Waals surface area (Å²) in [7, 11) is 0. The topological polar surface area (TPSA) is 78.5 Å². The van der Waals surface area contributed by atoms with Gasteiger partial charge in [0.2, 0.25) is 0 Å². The number of anilines is 1. The number of nitrogens with one attached hydrogen (secondary N) is 1. The van der Waals surface area contributed by atoms with E-state index < -0.39 is 0 Å². The second-order valence-corrected chi connectivity index (χ2v) is 4.25. The number of halogens is 2. The maximum Gasteiger partial charge on any atom is 0.163 e. The highest BCUT2D eigenvalue weighted by molar-refractivity contribution is 6.42. The fourth-order valence-corrected chi connectivity index (χ4v) is 1.91. The van der Waals surface area contributed by atoms with Crippen LogP contribution in [-0.4, -0.2) is 10.2 Å². The van der Waals surface area contributed by atoms with Gasteiger partial charge in [-0.15, -0.1) is 0 Å². The van der Waals surface area contributed by atoms with Crippen LogP contribution >= 0.6 is 23.2 Å². The van der Waals surface area contributed by atoms with Crippen molar-refractivity contribution in [1.29, 1.82) is 5.26 Å². The molecule has 0 saturated heterocycles. The summed E-state index contributed by atoms with van der Waals surface area (Å²) in [5, 5.41) is 16.4. The fraction of sp³-hybridized carbons (Fsp3) is 0.0909. The first-order chi connectivity index (χ1) is 8.13. The lowest BCUT2D eigenvalue weighted by Crippen LogP contribution is -1.94. The molecule has 4 nitrogen and oxygen atoms in total. The zero-order valence-electron chi connectivity index (χ0n) is 8.67. The predicted octanol–water partition coefficient (Wildman–Crippen LogP) is 2.76. The molecule has 3 N–H and O–H groups in total. The summed E-state index contributed by atoms with van der Waals surface area (Å²) >= 11 is 12.0. The van der Waals surface area contributed by atoms with Crippen LogP contribution < -0.4 is 5.73 Å². The van der Waals surface area contributed by atoms with Gasteiger partial charge in [0.25, 0.3) is 0 Å². The molecule has 0 radical (unpaired) electrons. The van der Waals surface area contributed by atoms with Crippen molar-refractivity contribution in [3.8, 4) is 6.07 Å². The molecule has 0 aliphatic carbocycles. The van der Waals surface area contributed by atoms with Gasteiger partial charge < -0.3 is 5.73 Å². The largest absolute Gasteiger partial charge is 0.381 e. The number of hydrogen-bond donors (Lipinski definition) is 2. The fourth-order valence-electron chi connectivity index (χ4n) is 1.52. The van der Waals surface area contributed by atoms with E-state index in [1.165, 1.54) is 0 Å². The molecule has 86 valence electrons. The Morgan fingerprint density at radius 2 is 2.18 bits per heavy atom. The van der Waals surface area contributed by atoms with Gasteiger partial charge in [0, 0.05) is 6.42 Å². The van der Waals surface area contributed by atoms with Crippen molar-refractivity contribution >= 4 is 29.0 Å². The smallest absolute Gasteiger partial charge is 0.163 e. The number of rotatable bonds is 2. The third-order valence-electron chi connectivity index (χ3n) is 2.38. The summed E-state index contributed by atoms with van der Waals surface area (Å²) in [5.74, 6) is 0.195. The molecular formula is C11H8Cl2N4. The molecule has 0 spiro atoms. The zero-order valence-corrected chi connectivity index (χ0v) is 10.2. The second-order valence-electron chi connectivity index (χ2n) is 3.46. The van der Waals surface area contributed by atoms with E-state index in [1.807, 2.05) is 12.1 Å². The van der Waals surface area contributed by atoms with Crippen molar-refractivity contribution < 1.29 is 0 Å². The summed E-state index contributed by atoms with van der Waals surface area (Å²) < 4.78 is 0. The molecule has 2 aromatic rings. The molecule has 1 heterocycles. The molecule has 0 aliphatic rings. The summed E-state index contributed by atoms with van der Waals surface area (Å²) in [6, 6.07) is 7.35. The molecule has 1 aromatic carbocycles. The summed E-state index contributed by atoms with van der Waals surface area (Å²) in [5.41, 5.74) is 7.35. The molecule has 1 aromatic heterocycles. The molecule has 0 bridgehead atoms. The van der Waals surface area contributed by atoms with Crippen LogP contribution in [0.15, 0.2) is 18.2 Å². The van der Waals surface area contributed by atoms with Crippen LogP contribution in [0.5, 0.6) is 0 Å². The molecule has 0 aliphatic heterocycles. The van der Waals surface area contributed by atoms with Gasteiger partial charge >= 0.3 is 0 Å². The molecule has 6 heteroatoms. The van der Waals surface area contributed by atoms with Gasteiger partial charge in [-0.3, -0.25) is 5.10 Å². The first-order valence-corrected chi connectivity index (χ1v) is 5.54. The Labute approximate surface area is 108 Å². The number of nitrogens with zero attached hydrogens (tertiary/aromatic N) is 2. The van der Waals surface area contributed by atoms with Crippen molar-refractivity contribution in [2.75, 3.05) is 5.73 Å². The lowest BCUT2D eigenvalue weighted by atomic mass is 10.1. The molecule has 0 atom stereocenters. The SMILES string of the molecule is N#Cc1c(N)n[nH]c1Cc1cccc(Cl)c1Cl. The van der Waals surface area contributed by atoms with E-state index in [0.29, 0.717) is 27.7 Å². The number of nitrogen functional groups attached to an aromatic ring is 1. The van der Waals surface area contributed by atoms with E-state index in [0.717, 1.165) is 5.56 Å². The number of aromatic amines is 1. The highest BCUT2D eigenvalue weighted by Gasteiger charge is 2.13. The van der Waals surface area contributed by atoms with E-state index in [-0.39, 0.29) is 5.82 Å². The number of H-pyrrole nitrogens is 1. The van der Waals surface area contributed by atoms with Crippen molar-refractivity contribution in [3.05, 3.63) is 45.1 Å². The monoisotopic (exact) mass is 266 g/mol. The average molecular weight is 267 g/mol. The van der Waals surface area contributed by atoms with Gasteiger partial charge in [-0.1, -0.05) is 35.3 Å². The number of aromatic nitrogens is 2. The molecule has 0 saturated carbocycles. The number of hydrogen-bond acceptors (Lipinski definition) is 3. The maximum absolute atomic E-state index is 8.94. The molecule has 0 amide bonds. The normalized spacial score (nSPS) is 10.2. The van der Waals surface area contributed by atoms with Gasteiger partial charge in [0.05, 0.1) is 15.7 Å². The second kappa shape index (κ2) is 4.66. The van der Waals surface area contributed by atoms with Crippen LogP contribution in [-0.2, 0) is 6.42 Å². The van der Waals surface area contributed by atoms with Crippen LogP contribution in [0, 0.1) is 11.3 Å². The Kier molecular flexibility index (Phi) is 3.23. The number of benzene rings is 1. The van der Waals surface area contributed by atoms with Crippen molar-refractivity contribution in [3.63, 3.8) is 0 Å². The minimum absolute atomic E-state index is 0.195. The maximum atomic E-state index is 8.94. The molecule has 0 unspecified atom stereocenters. The lowest BCUT2D eigenvalue weighted by Gasteiger charge is -2.04. The van der Waals surface area contributed by atoms with E-state index >= 15 is 0 Å². The van der Waals surface area contributed by atoms with Gasteiger partial charge in [-0.2, -0.15) is 10.4 Å². The standard InChI is InChI=1S/C11H8Cl2N4/c12-8-3-1-2-6(10(8)13)4-9-7(5-14)11(15)17-16-9/h1-3H,4H2,(H3,15,16,17).